The minimum absolute atomic E-state index is 0.0123. The lowest BCUT2D eigenvalue weighted by Crippen LogP contribution is -2.49. The molecule has 5 heteroatoms. The van der Waals surface area contributed by atoms with Crippen molar-refractivity contribution in [2.24, 2.45) is 0 Å². The Hall–Kier alpha value is -0.260. The van der Waals surface area contributed by atoms with E-state index in [9.17, 15) is 4.79 Å². The van der Waals surface area contributed by atoms with Gasteiger partial charge >= 0.3 is 0 Å². The molecule has 0 aromatic carbocycles. The average Bonchev–Trinajstić information content (AvgIpc) is 2.19. The molecule has 1 aliphatic rings. The SMILES string of the molecule is CCNC(=O)[C@@H]1CN(CSC)CCO1. The van der Waals surface area contributed by atoms with Crippen molar-refractivity contribution < 1.29 is 9.53 Å². The van der Waals surface area contributed by atoms with E-state index in [1.807, 2.05) is 6.92 Å². The number of likely N-dealkylation sites (N-methyl/N-ethyl adjacent to an activating group) is 1. The highest BCUT2D eigenvalue weighted by molar-refractivity contribution is 7.98. The van der Waals surface area contributed by atoms with Crippen molar-refractivity contribution in [3.63, 3.8) is 0 Å². The molecule has 0 bridgehead atoms. The van der Waals surface area contributed by atoms with Crippen LogP contribution in [-0.2, 0) is 9.53 Å². The van der Waals surface area contributed by atoms with Crippen LogP contribution < -0.4 is 5.32 Å². The molecule has 82 valence electrons. The Kier molecular flexibility index (Phi) is 5.29. The molecule has 1 aliphatic heterocycles. The average molecular weight is 218 g/mol. The quantitative estimate of drug-likeness (QED) is 0.729. The van der Waals surface area contributed by atoms with Crippen molar-refractivity contribution >= 4 is 17.7 Å². The number of carbonyl (C=O) groups excluding carboxylic acids is 1. The van der Waals surface area contributed by atoms with Crippen LogP contribution in [0.25, 0.3) is 0 Å². The van der Waals surface area contributed by atoms with Crippen LogP contribution in [-0.4, -0.2) is 55.3 Å². The van der Waals surface area contributed by atoms with Crippen molar-refractivity contribution in [1.82, 2.24) is 10.2 Å². The molecule has 1 atom stereocenters. The molecular weight excluding hydrogens is 200 g/mol. The zero-order valence-corrected chi connectivity index (χ0v) is 9.60. The van der Waals surface area contributed by atoms with Gasteiger partial charge in [-0.05, 0) is 13.2 Å². The molecule has 1 saturated heterocycles. The van der Waals surface area contributed by atoms with Gasteiger partial charge < -0.3 is 10.1 Å². The van der Waals surface area contributed by atoms with E-state index in [0.29, 0.717) is 19.7 Å². The number of thioether (sulfide) groups is 1. The molecule has 1 amide bonds. The topological polar surface area (TPSA) is 41.6 Å². The summed E-state index contributed by atoms with van der Waals surface area (Å²) in [5.74, 6) is 0.984. The summed E-state index contributed by atoms with van der Waals surface area (Å²) in [7, 11) is 0. The number of carbonyl (C=O) groups is 1. The summed E-state index contributed by atoms with van der Waals surface area (Å²) in [6.07, 6.45) is 1.78. The molecule has 14 heavy (non-hydrogen) atoms. The lowest BCUT2D eigenvalue weighted by atomic mass is 10.2. The van der Waals surface area contributed by atoms with E-state index in [1.54, 1.807) is 11.8 Å². The maximum Gasteiger partial charge on any atom is 0.250 e. The van der Waals surface area contributed by atoms with Gasteiger partial charge in [-0.25, -0.2) is 0 Å². The van der Waals surface area contributed by atoms with Crippen molar-refractivity contribution in [2.75, 3.05) is 38.4 Å². The van der Waals surface area contributed by atoms with Gasteiger partial charge in [-0.3, -0.25) is 9.69 Å². The van der Waals surface area contributed by atoms with Crippen LogP contribution in [0.1, 0.15) is 6.92 Å². The van der Waals surface area contributed by atoms with Gasteiger partial charge in [-0.15, -0.1) is 11.8 Å². The Morgan fingerprint density at radius 3 is 3.14 bits per heavy atom. The number of hydrogen-bond acceptors (Lipinski definition) is 4. The smallest absolute Gasteiger partial charge is 0.250 e. The molecule has 1 heterocycles. The molecule has 0 spiro atoms. The van der Waals surface area contributed by atoms with E-state index in [1.165, 1.54) is 0 Å². The Morgan fingerprint density at radius 1 is 1.71 bits per heavy atom. The Bertz CT molecular complexity index is 188. The first-order valence-electron chi connectivity index (χ1n) is 4.88. The first-order valence-corrected chi connectivity index (χ1v) is 6.28. The standard InChI is InChI=1S/C9H18N2O2S/c1-3-10-9(12)8-6-11(7-14-2)4-5-13-8/h8H,3-7H2,1-2H3,(H,10,12)/t8-/m0/s1. The van der Waals surface area contributed by atoms with Crippen LogP contribution >= 0.6 is 11.8 Å². The third-order valence-electron chi connectivity index (χ3n) is 2.11. The fourth-order valence-corrected chi connectivity index (χ4v) is 2.05. The molecule has 1 rings (SSSR count). The Morgan fingerprint density at radius 2 is 2.50 bits per heavy atom. The fourth-order valence-electron chi connectivity index (χ4n) is 1.45. The molecule has 0 radical (unpaired) electrons. The minimum atomic E-state index is -0.282. The maximum atomic E-state index is 11.5. The van der Waals surface area contributed by atoms with E-state index in [2.05, 4.69) is 16.5 Å². The van der Waals surface area contributed by atoms with Crippen LogP contribution in [0.2, 0.25) is 0 Å². The summed E-state index contributed by atoms with van der Waals surface area (Å²) in [4.78, 5) is 13.7. The summed E-state index contributed by atoms with van der Waals surface area (Å²) < 4.78 is 5.41. The Labute approximate surface area is 89.4 Å². The van der Waals surface area contributed by atoms with Crippen LogP contribution in [0.3, 0.4) is 0 Å². The van der Waals surface area contributed by atoms with Crippen molar-refractivity contribution in [2.45, 2.75) is 13.0 Å². The summed E-state index contributed by atoms with van der Waals surface area (Å²) in [5.41, 5.74) is 0. The lowest BCUT2D eigenvalue weighted by molar-refractivity contribution is -0.137. The number of amides is 1. The van der Waals surface area contributed by atoms with Crippen molar-refractivity contribution in [1.29, 1.82) is 0 Å². The summed E-state index contributed by atoms with van der Waals surface area (Å²) in [6.45, 7) is 4.88. The van der Waals surface area contributed by atoms with Crippen molar-refractivity contribution in [3.05, 3.63) is 0 Å². The lowest BCUT2D eigenvalue weighted by Gasteiger charge is -2.31. The zero-order chi connectivity index (χ0) is 10.4. The molecule has 0 unspecified atom stereocenters. The second-order valence-corrected chi connectivity index (χ2v) is 4.08. The number of rotatable bonds is 4. The fraction of sp³-hybridized carbons (Fsp3) is 0.889. The van der Waals surface area contributed by atoms with E-state index >= 15 is 0 Å². The van der Waals surface area contributed by atoms with Gasteiger partial charge in [0.05, 0.1) is 6.61 Å². The highest BCUT2D eigenvalue weighted by atomic mass is 32.2. The predicted molar refractivity (Wildman–Crippen MR) is 58.4 cm³/mol. The van der Waals surface area contributed by atoms with Crippen LogP contribution in [0.5, 0.6) is 0 Å². The number of nitrogens with one attached hydrogen (secondary N) is 1. The van der Waals surface area contributed by atoms with E-state index in [0.717, 1.165) is 12.4 Å². The van der Waals surface area contributed by atoms with Crippen LogP contribution in [0.4, 0.5) is 0 Å². The van der Waals surface area contributed by atoms with E-state index < -0.39 is 0 Å². The van der Waals surface area contributed by atoms with Gasteiger partial charge in [-0.1, -0.05) is 0 Å². The zero-order valence-electron chi connectivity index (χ0n) is 8.78. The third kappa shape index (κ3) is 3.48. The highest BCUT2D eigenvalue weighted by Gasteiger charge is 2.25. The monoisotopic (exact) mass is 218 g/mol. The summed E-state index contributed by atoms with van der Waals surface area (Å²) >= 11 is 1.77. The van der Waals surface area contributed by atoms with Gasteiger partial charge in [0.2, 0.25) is 5.91 Å². The normalized spacial score (nSPS) is 23.4. The maximum absolute atomic E-state index is 11.5. The first kappa shape index (κ1) is 11.8. The second kappa shape index (κ2) is 6.27. The van der Waals surface area contributed by atoms with E-state index in [-0.39, 0.29) is 12.0 Å². The molecule has 1 fully saturated rings. The number of nitrogens with zero attached hydrogens (tertiary/aromatic N) is 1. The minimum Gasteiger partial charge on any atom is -0.366 e. The number of morpholine rings is 1. The van der Waals surface area contributed by atoms with Gasteiger partial charge in [0, 0.05) is 25.5 Å². The van der Waals surface area contributed by atoms with Crippen LogP contribution in [0, 0.1) is 0 Å². The molecule has 4 nitrogen and oxygen atoms in total. The van der Waals surface area contributed by atoms with Gasteiger partial charge in [0.25, 0.3) is 0 Å². The van der Waals surface area contributed by atoms with Gasteiger partial charge in [-0.2, -0.15) is 0 Å². The van der Waals surface area contributed by atoms with Gasteiger partial charge in [0.15, 0.2) is 0 Å². The highest BCUT2D eigenvalue weighted by Crippen LogP contribution is 2.08. The summed E-state index contributed by atoms with van der Waals surface area (Å²) in [5, 5.41) is 2.78. The molecular formula is C9H18N2O2S. The second-order valence-electron chi connectivity index (χ2n) is 3.25. The van der Waals surface area contributed by atoms with Crippen molar-refractivity contribution in [3.8, 4) is 0 Å². The largest absolute Gasteiger partial charge is 0.366 e. The first-order chi connectivity index (χ1) is 6.77. The molecule has 0 aromatic heterocycles. The molecule has 1 N–H and O–H groups in total. The number of ether oxygens (including phenoxy) is 1. The summed E-state index contributed by atoms with van der Waals surface area (Å²) in [6, 6.07) is 0. The predicted octanol–water partition coefficient (Wildman–Crippen LogP) is 0.144. The van der Waals surface area contributed by atoms with E-state index in [4.69, 9.17) is 4.74 Å². The molecule has 0 aliphatic carbocycles. The Balaban J connectivity index is 2.35. The van der Waals surface area contributed by atoms with Crippen LogP contribution in [0.15, 0.2) is 0 Å². The van der Waals surface area contributed by atoms with Gasteiger partial charge in [0.1, 0.15) is 6.10 Å². The molecule has 0 aromatic rings. The molecule has 0 saturated carbocycles. The number of hydrogen-bond donors (Lipinski definition) is 1. The third-order valence-corrected chi connectivity index (χ3v) is 2.73.